The SMILES string of the molecule is Cc1cc(-c2c3ccc(CC(C)C)cc3nc[n+]2C)c(C)c(C)c1F.Cc1cc(-c2c3ccccc3nc[n+]2C)c(C)c(C)c1F.Cc1cc(C)c(C)c(-c2c3ccccc3nc[n+]2C)c1.[2H]C(C)(C)c1ccc2c(-c3cc(C)cc(C)c3C)[n+](C)ccc2c1.[2H]C([2H])([2H])C([2H])(C)c1ccc2c(-c3cc(C)cc(C)c3C)[n+](C)ccc2c1.[2H]C([2H])(c1ccc2c(-c3cc(C)cc(C)c3C)[n+](C)ccc2c1)C(C)C. The number of pyridine rings is 3. The highest BCUT2D eigenvalue weighted by molar-refractivity contribution is 5.98. The molecule has 6 aromatic heterocycles. The van der Waals surface area contributed by atoms with Crippen LogP contribution in [0.2, 0.25) is 0 Å². The van der Waals surface area contributed by atoms with Crippen LogP contribution in [0.4, 0.5) is 8.78 Å². The molecular weight excluding hydrogens is 1670 g/mol. The van der Waals surface area contributed by atoms with Crippen LogP contribution in [0.25, 0.3) is 133 Å². The monoisotopic (exact) mass is 1820 g/mol. The zero-order valence-corrected chi connectivity index (χ0v) is 86.2. The molecule has 0 aliphatic heterocycles. The van der Waals surface area contributed by atoms with Gasteiger partial charge in [-0.05, 0) is 383 Å². The van der Waals surface area contributed by atoms with Crippen molar-refractivity contribution in [1.82, 2.24) is 15.0 Å². The smallest absolute Gasteiger partial charge is 0.232 e. The summed E-state index contributed by atoms with van der Waals surface area (Å²) in [6, 6.07) is 68.9. The van der Waals surface area contributed by atoms with Crippen LogP contribution in [0, 0.1) is 148 Å². The number of nitrogens with zero attached hydrogens (tertiary/aromatic N) is 9. The van der Waals surface area contributed by atoms with E-state index in [0.717, 1.165) is 111 Å². The summed E-state index contributed by atoms with van der Waals surface area (Å²) in [6.07, 6.45) is 11.5. The molecule has 0 saturated heterocycles. The van der Waals surface area contributed by atoms with Crippen LogP contribution in [0.5, 0.6) is 0 Å². The number of rotatable bonds is 12. The molecule has 0 fully saturated rings. The first-order valence-electron chi connectivity index (χ1n) is 51.0. The highest BCUT2D eigenvalue weighted by Gasteiger charge is 2.28. The molecule has 1 unspecified atom stereocenters. The van der Waals surface area contributed by atoms with Gasteiger partial charge in [-0.25, -0.2) is 36.2 Å². The predicted octanol–water partition coefficient (Wildman–Crippen LogP) is 28.6. The van der Waals surface area contributed by atoms with E-state index < -0.39 is 25.0 Å². The van der Waals surface area contributed by atoms with Gasteiger partial charge < -0.3 is 0 Å². The molecule has 12 aromatic carbocycles. The molecule has 696 valence electrons. The third-order valence-electron chi connectivity index (χ3n) is 27.1. The molecule has 0 saturated carbocycles. The van der Waals surface area contributed by atoms with Crippen molar-refractivity contribution in [3.63, 3.8) is 0 Å². The molecule has 136 heavy (non-hydrogen) atoms. The number of hydrogen-bond donors (Lipinski definition) is 0. The van der Waals surface area contributed by atoms with Crippen molar-refractivity contribution >= 4 is 65.0 Å². The maximum atomic E-state index is 14.3. The minimum absolute atomic E-state index is 0.0686. The van der Waals surface area contributed by atoms with E-state index in [1.54, 1.807) is 6.07 Å². The van der Waals surface area contributed by atoms with Crippen molar-refractivity contribution in [2.75, 3.05) is 0 Å². The summed E-state index contributed by atoms with van der Waals surface area (Å²) in [4.78, 5) is 13.6. The number of para-hydroxylation sites is 2. The lowest BCUT2D eigenvalue weighted by Gasteiger charge is -2.14. The maximum absolute atomic E-state index is 14.3. The minimum Gasteiger partial charge on any atom is -0.232 e. The topological polar surface area (TPSA) is 62.0 Å². The second-order valence-corrected chi connectivity index (χ2v) is 38.9. The van der Waals surface area contributed by atoms with Gasteiger partial charge in [0.2, 0.25) is 17.1 Å². The minimum atomic E-state index is -2.38. The van der Waals surface area contributed by atoms with Gasteiger partial charge in [-0.15, -0.1) is 0 Å². The van der Waals surface area contributed by atoms with Crippen molar-refractivity contribution in [3.05, 3.63) is 372 Å². The van der Waals surface area contributed by atoms with Gasteiger partial charge in [0, 0.05) is 44.5 Å². The first kappa shape index (κ1) is 90.6. The molecule has 18 rings (SSSR count). The fourth-order valence-corrected chi connectivity index (χ4v) is 19.1. The lowest BCUT2D eigenvalue weighted by molar-refractivity contribution is -0.662. The molecule has 6 heterocycles. The van der Waals surface area contributed by atoms with Crippen molar-refractivity contribution < 1.29 is 45.8 Å². The zero-order chi connectivity index (χ0) is 105. The Morgan fingerprint density at radius 2 is 0.596 bits per heavy atom. The number of halogens is 2. The molecule has 11 heteroatoms. The zero-order valence-electron chi connectivity index (χ0n) is 93.2. The Morgan fingerprint density at radius 3 is 0.949 bits per heavy atom. The molecule has 0 spiro atoms. The molecule has 0 aliphatic carbocycles. The fraction of sp³-hybridized carbons (Fsp3) is 0.304. The number of aromatic nitrogens is 9. The van der Waals surface area contributed by atoms with Crippen LogP contribution in [0.15, 0.2) is 238 Å². The van der Waals surface area contributed by atoms with Gasteiger partial charge in [-0.1, -0.05) is 169 Å². The summed E-state index contributed by atoms with van der Waals surface area (Å²) in [7, 11) is 12.2. The molecule has 0 bridgehead atoms. The van der Waals surface area contributed by atoms with Crippen molar-refractivity contribution in [1.29, 1.82) is 0 Å². The van der Waals surface area contributed by atoms with E-state index >= 15 is 0 Å². The van der Waals surface area contributed by atoms with Crippen molar-refractivity contribution in [2.45, 2.75) is 205 Å². The van der Waals surface area contributed by atoms with Crippen LogP contribution in [-0.2, 0) is 55.1 Å². The molecule has 0 radical (unpaired) electrons. The maximum Gasteiger partial charge on any atom is 0.287 e. The van der Waals surface area contributed by atoms with Crippen LogP contribution in [0.1, 0.15) is 199 Å². The van der Waals surface area contributed by atoms with Gasteiger partial charge in [0.1, 0.15) is 49.9 Å². The molecule has 1 atom stereocenters. The first-order chi connectivity index (χ1) is 67.1. The number of fused-ring (bicyclic) bond motifs is 6. The van der Waals surface area contributed by atoms with Gasteiger partial charge in [0.05, 0.1) is 70.2 Å². The average Bonchev–Trinajstić information content (AvgIpc) is 0.764. The normalized spacial score (nSPS) is 12.8. The van der Waals surface area contributed by atoms with Crippen LogP contribution in [-0.4, -0.2) is 15.0 Å². The van der Waals surface area contributed by atoms with E-state index in [1.165, 1.54) is 135 Å². The Balaban J connectivity index is 0.000000144. The second-order valence-electron chi connectivity index (χ2n) is 38.9. The summed E-state index contributed by atoms with van der Waals surface area (Å²) in [5, 5.41) is 10.1. The second kappa shape index (κ2) is 42.3. The lowest BCUT2D eigenvalue weighted by atomic mass is 9.93. The third kappa shape index (κ3) is 21.7. The summed E-state index contributed by atoms with van der Waals surface area (Å²) in [5.74, 6) is -1.90. The van der Waals surface area contributed by atoms with Crippen LogP contribution < -0.4 is 27.4 Å². The number of benzene rings is 12. The van der Waals surface area contributed by atoms with E-state index in [-0.39, 0.29) is 17.6 Å². The largest absolute Gasteiger partial charge is 0.287 e. The van der Waals surface area contributed by atoms with Crippen LogP contribution in [0.3, 0.4) is 0 Å². The standard InChI is InChI=1S/C23H28N.C22H26FN2.2C22H26N.C18H18FN2.C18H19N2/c1-15(2)11-19-7-8-21-20(14-19)9-10-24(6)23(21)22-13-16(3)12-17(4)18(22)5;1-13(2)9-17-7-8-18-20(11-17)24-12-25(6)22(18)19-10-14(3)21(23)16(5)15(19)4;2*1-14(2)18-7-8-20-19(13-18)9-10-23(6)22(20)21-12-15(3)11-16(4)17(21)5;1-11-9-15(12(2)13(3)17(11)19)18-14-7-5-6-8-16(14)20-10-21(18)4;1-12-9-13(2)14(3)16(10-12)18-15-7-5-6-8-17(15)19-11-20(18)4/h7-10,12-15H,11H2,1-6H3;7-8,10-13H,9H2,1-6H3;2*7-14H,1-6H3;5-10H,1-4H3;5-11H,1-4H3/q6*+1/i11D2;;1D3,14D;14D;;. The van der Waals surface area contributed by atoms with Gasteiger partial charge in [-0.3, -0.25) is 0 Å². The predicted molar refractivity (Wildman–Crippen MR) is 567 cm³/mol. The van der Waals surface area contributed by atoms with E-state index in [1.807, 2.05) is 191 Å². The summed E-state index contributed by atoms with van der Waals surface area (Å²) in [6.45, 7) is 48.4. The Labute approximate surface area is 818 Å². The summed E-state index contributed by atoms with van der Waals surface area (Å²) >= 11 is 0. The van der Waals surface area contributed by atoms with Gasteiger partial charge in [0.25, 0.3) is 19.0 Å². The fourth-order valence-electron chi connectivity index (χ4n) is 19.1. The Morgan fingerprint density at radius 1 is 0.287 bits per heavy atom. The Bertz CT molecular complexity index is 7980. The van der Waals surface area contributed by atoms with E-state index in [2.05, 4.69) is 291 Å². The van der Waals surface area contributed by atoms with Gasteiger partial charge >= 0.3 is 0 Å². The summed E-state index contributed by atoms with van der Waals surface area (Å²) in [5.41, 5.74) is 40.8. The molecule has 9 nitrogen and oxygen atoms in total. The first-order valence-corrected chi connectivity index (χ1v) is 47.5. The number of aryl methyl sites for hydroxylation is 16. The van der Waals surface area contributed by atoms with Crippen LogP contribution >= 0.6 is 0 Å². The van der Waals surface area contributed by atoms with E-state index in [0.29, 0.717) is 28.2 Å². The van der Waals surface area contributed by atoms with E-state index in [9.17, 15) is 8.78 Å². The number of hydrogen-bond acceptors (Lipinski definition) is 3. The Kier molecular flexibility index (Phi) is 28.2. The van der Waals surface area contributed by atoms with E-state index in [4.69, 9.17) is 9.60 Å². The van der Waals surface area contributed by atoms with Gasteiger partial charge in [-0.2, -0.15) is 0 Å². The molecule has 0 N–H and O–H groups in total. The molecule has 0 amide bonds. The molecule has 18 aromatic rings. The van der Waals surface area contributed by atoms with Crippen molar-refractivity contribution in [3.8, 4) is 67.5 Å². The quantitative estimate of drug-likeness (QED) is 0.115. The lowest BCUT2D eigenvalue weighted by Crippen LogP contribution is -2.32. The average molecular weight is 1820 g/mol. The highest BCUT2D eigenvalue weighted by Crippen LogP contribution is 2.40. The highest BCUT2D eigenvalue weighted by atomic mass is 19.1. The molecular formula is C125H143F2N9+6. The van der Waals surface area contributed by atoms with Gasteiger partial charge in [0.15, 0.2) is 35.1 Å². The third-order valence-corrected chi connectivity index (χ3v) is 27.1. The molecule has 0 aliphatic rings. The van der Waals surface area contributed by atoms with Crippen molar-refractivity contribution in [2.24, 2.45) is 54.1 Å². The Hall–Kier alpha value is -13.3. The summed E-state index contributed by atoms with van der Waals surface area (Å²) < 4.78 is 97.6.